The number of pyridine rings is 1. The summed E-state index contributed by atoms with van der Waals surface area (Å²) in [4.78, 5) is 4.10. The van der Waals surface area contributed by atoms with Gasteiger partial charge in [-0.05, 0) is 24.6 Å². The van der Waals surface area contributed by atoms with E-state index in [0.29, 0.717) is 0 Å². The van der Waals surface area contributed by atoms with Gasteiger partial charge in [-0.25, -0.2) is 0 Å². The molecule has 0 aliphatic heterocycles. The molecule has 2 rings (SSSR count). The van der Waals surface area contributed by atoms with E-state index in [-0.39, 0.29) is 12.6 Å². The molecule has 1 unspecified atom stereocenters. The number of nitrogens with one attached hydrogen (secondary N) is 1. The number of para-hydroxylation sites is 1. The topological polar surface area (TPSA) is 45.1 Å². The molecular formula is C14H16N2O. The molecule has 0 aliphatic carbocycles. The van der Waals surface area contributed by atoms with Gasteiger partial charge >= 0.3 is 0 Å². The van der Waals surface area contributed by atoms with Crippen LogP contribution in [-0.2, 0) is 6.61 Å². The van der Waals surface area contributed by atoms with Crippen LogP contribution in [0.3, 0.4) is 0 Å². The van der Waals surface area contributed by atoms with E-state index in [9.17, 15) is 5.11 Å². The SMILES string of the molecule is CC(Nc1ccccc1CO)c1cccnc1. The third-order valence-electron chi connectivity index (χ3n) is 2.74. The first kappa shape index (κ1) is 11.6. The second-order valence-electron chi connectivity index (χ2n) is 3.97. The van der Waals surface area contributed by atoms with Crippen LogP contribution in [0.4, 0.5) is 5.69 Å². The van der Waals surface area contributed by atoms with E-state index >= 15 is 0 Å². The molecule has 3 nitrogen and oxygen atoms in total. The van der Waals surface area contributed by atoms with Gasteiger partial charge in [-0.3, -0.25) is 4.98 Å². The fourth-order valence-corrected chi connectivity index (χ4v) is 1.75. The van der Waals surface area contributed by atoms with E-state index in [4.69, 9.17) is 0 Å². The Hall–Kier alpha value is -1.87. The third-order valence-corrected chi connectivity index (χ3v) is 2.74. The lowest BCUT2D eigenvalue weighted by atomic mass is 10.1. The minimum Gasteiger partial charge on any atom is -0.392 e. The van der Waals surface area contributed by atoms with E-state index in [1.807, 2.05) is 42.6 Å². The van der Waals surface area contributed by atoms with Crippen molar-refractivity contribution < 1.29 is 5.11 Å². The van der Waals surface area contributed by atoms with Crippen LogP contribution in [0.2, 0.25) is 0 Å². The summed E-state index contributed by atoms with van der Waals surface area (Å²) in [7, 11) is 0. The van der Waals surface area contributed by atoms with E-state index < -0.39 is 0 Å². The van der Waals surface area contributed by atoms with Crippen molar-refractivity contribution in [2.45, 2.75) is 19.6 Å². The van der Waals surface area contributed by atoms with Crippen LogP contribution < -0.4 is 5.32 Å². The molecule has 88 valence electrons. The van der Waals surface area contributed by atoms with Gasteiger partial charge in [0, 0.05) is 23.6 Å². The van der Waals surface area contributed by atoms with Gasteiger partial charge in [0.05, 0.1) is 12.6 Å². The lowest BCUT2D eigenvalue weighted by Crippen LogP contribution is -2.08. The number of benzene rings is 1. The number of aromatic nitrogens is 1. The van der Waals surface area contributed by atoms with Crippen molar-refractivity contribution in [1.29, 1.82) is 0 Å². The zero-order valence-electron chi connectivity index (χ0n) is 9.80. The molecule has 1 heterocycles. The summed E-state index contributed by atoms with van der Waals surface area (Å²) in [5, 5.41) is 12.6. The average molecular weight is 228 g/mol. The highest BCUT2D eigenvalue weighted by Gasteiger charge is 2.07. The number of aliphatic hydroxyl groups excluding tert-OH is 1. The van der Waals surface area contributed by atoms with Crippen LogP contribution in [0.25, 0.3) is 0 Å². The van der Waals surface area contributed by atoms with Crippen LogP contribution in [0.5, 0.6) is 0 Å². The van der Waals surface area contributed by atoms with E-state index in [2.05, 4.69) is 17.2 Å². The molecule has 17 heavy (non-hydrogen) atoms. The molecule has 1 aromatic carbocycles. The number of aliphatic hydroxyl groups is 1. The molecule has 2 N–H and O–H groups in total. The normalized spacial score (nSPS) is 12.1. The quantitative estimate of drug-likeness (QED) is 0.845. The van der Waals surface area contributed by atoms with Gasteiger partial charge < -0.3 is 10.4 Å². The van der Waals surface area contributed by atoms with Crippen molar-refractivity contribution in [1.82, 2.24) is 4.98 Å². The molecule has 0 aliphatic rings. The van der Waals surface area contributed by atoms with Gasteiger partial charge in [0.1, 0.15) is 0 Å². The molecule has 0 amide bonds. The third kappa shape index (κ3) is 2.82. The Kier molecular flexibility index (Phi) is 3.73. The van der Waals surface area contributed by atoms with Crippen LogP contribution in [0.1, 0.15) is 24.1 Å². The Morgan fingerprint density at radius 2 is 2.06 bits per heavy atom. The van der Waals surface area contributed by atoms with Crippen LogP contribution in [-0.4, -0.2) is 10.1 Å². The molecule has 0 spiro atoms. The van der Waals surface area contributed by atoms with Crippen molar-refractivity contribution in [2.75, 3.05) is 5.32 Å². The smallest absolute Gasteiger partial charge is 0.0701 e. The first-order chi connectivity index (χ1) is 8.31. The van der Waals surface area contributed by atoms with Crippen molar-refractivity contribution in [3.8, 4) is 0 Å². The second-order valence-corrected chi connectivity index (χ2v) is 3.97. The average Bonchev–Trinajstić information content (AvgIpc) is 2.40. The first-order valence-electron chi connectivity index (χ1n) is 5.66. The monoisotopic (exact) mass is 228 g/mol. The zero-order chi connectivity index (χ0) is 12.1. The predicted molar refractivity (Wildman–Crippen MR) is 68.6 cm³/mol. The summed E-state index contributed by atoms with van der Waals surface area (Å²) in [5.41, 5.74) is 3.00. The maximum absolute atomic E-state index is 9.25. The molecule has 0 fully saturated rings. The van der Waals surface area contributed by atoms with Crippen molar-refractivity contribution >= 4 is 5.69 Å². The largest absolute Gasteiger partial charge is 0.392 e. The van der Waals surface area contributed by atoms with Gasteiger partial charge in [-0.15, -0.1) is 0 Å². The number of nitrogens with zero attached hydrogens (tertiary/aromatic N) is 1. The fraction of sp³-hybridized carbons (Fsp3) is 0.214. The van der Waals surface area contributed by atoms with Gasteiger partial charge in [0.2, 0.25) is 0 Å². The molecule has 2 aromatic rings. The fourth-order valence-electron chi connectivity index (χ4n) is 1.75. The van der Waals surface area contributed by atoms with E-state index in [1.54, 1.807) is 6.20 Å². The minimum absolute atomic E-state index is 0.0446. The Morgan fingerprint density at radius 1 is 1.24 bits per heavy atom. The van der Waals surface area contributed by atoms with Crippen LogP contribution in [0, 0.1) is 0 Å². The molecule has 1 atom stereocenters. The molecule has 0 saturated heterocycles. The molecular weight excluding hydrogens is 212 g/mol. The lowest BCUT2D eigenvalue weighted by Gasteiger charge is -2.17. The second kappa shape index (κ2) is 5.46. The van der Waals surface area contributed by atoms with Crippen LogP contribution in [0.15, 0.2) is 48.8 Å². The molecule has 1 aromatic heterocycles. The highest BCUT2D eigenvalue weighted by atomic mass is 16.3. The lowest BCUT2D eigenvalue weighted by molar-refractivity contribution is 0.282. The van der Waals surface area contributed by atoms with Gasteiger partial charge in [0.15, 0.2) is 0 Å². The van der Waals surface area contributed by atoms with Gasteiger partial charge in [-0.1, -0.05) is 24.3 Å². The summed E-state index contributed by atoms with van der Waals surface area (Å²) in [5.74, 6) is 0. The number of hydrogen-bond acceptors (Lipinski definition) is 3. The Balaban J connectivity index is 2.16. The maximum atomic E-state index is 9.25. The molecule has 0 bridgehead atoms. The number of anilines is 1. The summed E-state index contributed by atoms with van der Waals surface area (Å²) < 4.78 is 0. The molecule has 3 heteroatoms. The molecule has 0 saturated carbocycles. The van der Waals surface area contributed by atoms with Crippen LogP contribution >= 0.6 is 0 Å². The predicted octanol–water partition coefficient (Wildman–Crippen LogP) is 2.75. The first-order valence-corrected chi connectivity index (χ1v) is 5.66. The highest BCUT2D eigenvalue weighted by molar-refractivity contribution is 5.52. The van der Waals surface area contributed by atoms with Gasteiger partial charge in [-0.2, -0.15) is 0 Å². The van der Waals surface area contributed by atoms with Crippen molar-refractivity contribution in [3.05, 3.63) is 59.9 Å². The number of hydrogen-bond donors (Lipinski definition) is 2. The summed E-state index contributed by atoms with van der Waals surface area (Å²) in [6.45, 7) is 2.12. The summed E-state index contributed by atoms with van der Waals surface area (Å²) >= 11 is 0. The summed E-state index contributed by atoms with van der Waals surface area (Å²) in [6, 6.07) is 11.9. The summed E-state index contributed by atoms with van der Waals surface area (Å²) in [6.07, 6.45) is 3.61. The number of rotatable bonds is 4. The minimum atomic E-state index is 0.0446. The zero-order valence-corrected chi connectivity index (χ0v) is 9.80. The maximum Gasteiger partial charge on any atom is 0.0701 e. The molecule has 0 radical (unpaired) electrons. The van der Waals surface area contributed by atoms with Crippen molar-refractivity contribution in [2.24, 2.45) is 0 Å². The van der Waals surface area contributed by atoms with E-state index in [1.165, 1.54) is 0 Å². The Labute approximate surface area is 101 Å². The van der Waals surface area contributed by atoms with Crippen molar-refractivity contribution in [3.63, 3.8) is 0 Å². The standard InChI is InChI=1S/C14H16N2O/c1-11(12-6-4-8-15-9-12)16-14-7-3-2-5-13(14)10-17/h2-9,11,16-17H,10H2,1H3. The highest BCUT2D eigenvalue weighted by Crippen LogP contribution is 2.21. The van der Waals surface area contributed by atoms with E-state index in [0.717, 1.165) is 16.8 Å². The Bertz CT molecular complexity index is 471. The van der Waals surface area contributed by atoms with Gasteiger partial charge in [0.25, 0.3) is 0 Å². The Morgan fingerprint density at radius 3 is 2.76 bits per heavy atom.